The molecule has 4 heteroatoms. The van der Waals surface area contributed by atoms with Gasteiger partial charge in [-0.1, -0.05) is 27.7 Å². The standard InChI is InChI=1S/C10H20S4/c1-7-8(2)12-6-14-10(4)9(3)13-5-11-7/h7-10H,5-6H2,1-4H3. The average molecular weight is 269 g/mol. The van der Waals surface area contributed by atoms with E-state index in [9.17, 15) is 0 Å². The van der Waals surface area contributed by atoms with Crippen LogP contribution in [0.25, 0.3) is 0 Å². The van der Waals surface area contributed by atoms with E-state index in [4.69, 9.17) is 0 Å². The lowest BCUT2D eigenvalue weighted by atomic mass is 10.4. The van der Waals surface area contributed by atoms with Gasteiger partial charge in [-0.05, 0) is 0 Å². The third-order valence-electron chi connectivity index (χ3n) is 2.65. The van der Waals surface area contributed by atoms with Gasteiger partial charge in [0.2, 0.25) is 0 Å². The van der Waals surface area contributed by atoms with Crippen LogP contribution in [0, 0.1) is 0 Å². The van der Waals surface area contributed by atoms with Gasteiger partial charge in [0.1, 0.15) is 0 Å². The molecule has 1 heterocycles. The Bertz CT molecular complexity index is 128. The van der Waals surface area contributed by atoms with Crippen LogP contribution in [0.3, 0.4) is 0 Å². The fourth-order valence-corrected chi connectivity index (χ4v) is 7.14. The lowest BCUT2D eigenvalue weighted by Crippen LogP contribution is -2.18. The van der Waals surface area contributed by atoms with Crippen molar-refractivity contribution in [3.63, 3.8) is 0 Å². The van der Waals surface area contributed by atoms with Gasteiger partial charge in [-0.2, -0.15) is 0 Å². The van der Waals surface area contributed by atoms with Gasteiger partial charge in [-0.25, -0.2) is 0 Å². The van der Waals surface area contributed by atoms with Crippen molar-refractivity contribution in [1.29, 1.82) is 0 Å². The third-order valence-corrected chi connectivity index (χ3v) is 8.90. The van der Waals surface area contributed by atoms with Crippen LogP contribution in [0.4, 0.5) is 0 Å². The monoisotopic (exact) mass is 268 g/mol. The van der Waals surface area contributed by atoms with Gasteiger partial charge in [0, 0.05) is 31.2 Å². The summed E-state index contributed by atoms with van der Waals surface area (Å²) >= 11 is 8.49. The van der Waals surface area contributed by atoms with E-state index < -0.39 is 0 Å². The Kier molecular flexibility index (Phi) is 6.61. The summed E-state index contributed by atoms with van der Waals surface area (Å²) < 4.78 is 0. The van der Waals surface area contributed by atoms with Crippen LogP contribution in [0.1, 0.15) is 27.7 Å². The van der Waals surface area contributed by atoms with Crippen molar-refractivity contribution in [3.8, 4) is 0 Å². The molecule has 0 N–H and O–H groups in total. The summed E-state index contributed by atoms with van der Waals surface area (Å²) in [5.41, 5.74) is 0. The van der Waals surface area contributed by atoms with Gasteiger partial charge in [-0.3, -0.25) is 0 Å². The van der Waals surface area contributed by atoms with Gasteiger partial charge >= 0.3 is 0 Å². The highest BCUT2D eigenvalue weighted by molar-refractivity contribution is 8.20. The normalized spacial score (nSPS) is 42.0. The van der Waals surface area contributed by atoms with E-state index >= 15 is 0 Å². The van der Waals surface area contributed by atoms with Crippen LogP contribution < -0.4 is 0 Å². The predicted octanol–water partition coefficient (Wildman–Crippen LogP) is 4.40. The van der Waals surface area contributed by atoms with Crippen molar-refractivity contribution < 1.29 is 0 Å². The fourth-order valence-electron chi connectivity index (χ4n) is 1.05. The molecule has 0 aromatic carbocycles. The topological polar surface area (TPSA) is 0 Å². The number of hydrogen-bond donors (Lipinski definition) is 0. The lowest BCUT2D eigenvalue weighted by molar-refractivity contribution is 0.921. The zero-order valence-electron chi connectivity index (χ0n) is 9.36. The molecule has 0 aromatic rings. The van der Waals surface area contributed by atoms with Crippen LogP contribution in [-0.4, -0.2) is 31.2 Å². The van der Waals surface area contributed by atoms with E-state index in [1.165, 1.54) is 10.2 Å². The van der Waals surface area contributed by atoms with Gasteiger partial charge < -0.3 is 0 Å². The zero-order chi connectivity index (χ0) is 10.6. The summed E-state index contributed by atoms with van der Waals surface area (Å²) in [6.07, 6.45) is 0. The van der Waals surface area contributed by atoms with E-state index in [0.717, 1.165) is 21.0 Å². The van der Waals surface area contributed by atoms with E-state index in [2.05, 4.69) is 74.7 Å². The molecule has 1 rings (SSSR count). The molecule has 0 aliphatic carbocycles. The second-order valence-electron chi connectivity index (χ2n) is 3.72. The minimum Gasteiger partial charge on any atom is -0.147 e. The molecular formula is C10H20S4. The number of thioether (sulfide) groups is 4. The Morgan fingerprint density at radius 1 is 0.571 bits per heavy atom. The molecule has 1 saturated heterocycles. The number of hydrogen-bond acceptors (Lipinski definition) is 4. The van der Waals surface area contributed by atoms with Crippen molar-refractivity contribution >= 4 is 47.0 Å². The summed E-state index contributed by atoms with van der Waals surface area (Å²) in [5, 5.41) is 5.72. The lowest BCUT2D eigenvalue weighted by Gasteiger charge is -2.25. The highest BCUT2D eigenvalue weighted by atomic mass is 32.2. The molecule has 4 unspecified atom stereocenters. The van der Waals surface area contributed by atoms with Crippen molar-refractivity contribution in [2.45, 2.75) is 48.7 Å². The van der Waals surface area contributed by atoms with E-state index in [1.54, 1.807) is 0 Å². The molecule has 14 heavy (non-hydrogen) atoms. The van der Waals surface area contributed by atoms with Crippen LogP contribution in [-0.2, 0) is 0 Å². The molecule has 0 amide bonds. The van der Waals surface area contributed by atoms with Crippen LogP contribution in [0.2, 0.25) is 0 Å². The first kappa shape index (κ1) is 13.5. The summed E-state index contributed by atoms with van der Waals surface area (Å²) in [6.45, 7) is 9.46. The molecule has 0 radical (unpaired) electrons. The zero-order valence-corrected chi connectivity index (χ0v) is 12.6. The maximum absolute atomic E-state index is 2.36. The van der Waals surface area contributed by atoms with E-state index in [-0.39, 0.29) is 0 Å². The fraction of sp³-hybridized carbons (Fsp3) is 1.00. The molecule has 1 aliphatic heterocycles. The molecule has 4 atom stereocenters. The van der Waals surface area contributed by atoms with Crippen LogP contribution in [0.15, 0.2) is 0 Å². The Hall–Kier alpha value is 1.40. The van der Waals surface area contributed by atoms with Gasteiger partial charge in [-0.15, -0.1) is 47.0 Å². The first-order chi connectivity index (χ1) is 6.61. The minimum atomic E-state index is 0.800. The molecular weight excluding hydrogens is 248 g/mol. The highest BCUT2D eigenvalue weighted by Crippen LogP contribution is 2.35. The Labute approximate surface area is 106 Å². The quantitative estimate of drug-likeness (QED) is 0.638. The summed E-state index contributed by atoms with van der Waals surface area (Å²) in [6, 6.07) is 0. The maximum atomic E-state index is 2.36. The van der Waals surface area contributed by atoms with Crippen molar-refractivity contribution in [1.82, 2.24) is 0 Å². The molecule has 0 aromatic heterocycles. The SMILES string of the molecule is CC1SCSC(C)C(C)SCSC1C. The predicted molar refractivity (Wildman–Crippen MR) is 77.9 cm³/mol. The molecule has 1 aliphatic rings. The van der Waals surface area contributed by atoms with E-state index in [1.807, 2.05) is 0 Å². The Morgan fingerprint density at radius 3 is 1.00 bits per heavy atom. The molecule has 1 fully saturated rings. The molecule has 0 saturated carbocycles. The molecule has 0 nitrogen and oxygen atoms in total. The smallest absolute Gasteiger partial charge is 0.0398 e. The van der Waals surface area contributed by atoms with Gasteiger partial charge in [0.05, 0.1) is 0 Å². The molecule has 0 bridgehead atoms. The van der Waals surface area contributed by atoms with E-state index in [0.29, 0.717) is 0 Å². The third kappa shape index (κ3) is 4.50. The highest BCUT2D eigenvalue weighted by Gasteiger charge is 2.19. The van der Waals surface area contributed by atoms with Crippen LogP contribution in [0.5, 0.6) is 0 Å². The second kappa shape index (κ2) is 6.87. The van der Waals surface area contributed by atoms with Crippen LogP contribution >= 0.6 is 47.0 Å². The molecule has 0 spiro atoms. The van der Waals surface area contributed by atoms with Crippen molar-refractivity contribution in [2.24, 2.45) is 0 Å². The summed E-state index contributed by atoms with van der Waals surface area (Å²) in [4.78, 5) is 0. The average Bonchev–Trinajstić information content (AvgIpc) is 2.15. The Balaban J connectivity index is 2.42. The second-order valence-corrected chi connectivity index (χ2v) is 9.92. The van der Waals surface area contributed by atoms with Gasteiger partial charge in [0.15, 0.2) is 0 Å². The Morgan fingerprint density at radius 2 is 0.786 bits per heavy atom. The van der Waals surface area contributed by atoms with Crippen molar-refractivity contribution in [2.75, 3.05) is 10.2 Å². The number of rotatable bonds is 0. The van der Waals surface area contributed by atoms with Crippen molar-refractivity contribution in [3.05, 3.63) is 0 Å². The summed E-state index contributed by atoms with van der Waals surface area (Å²) in [7, 11) is 0. The first-order valence-electron chi connectivity index (χ1n) is 5.07. The maximum Gasteiger partial charge on any atom is 0.0398 e. The first-order valence-corrected chi connectivity index (χ1v) is 9.27. The largest absolute Gasteiger partial charge is 0.147 e. The van der Waals surface area contributed by atoms with Gasteiger partial charge in [0.25, 0.3) is 0 Å². The summed E-state index contributed by atoms with van der Waals surface area (Å²) in [5.74, 6) is 0. The minimum absolute atomic E-state index is 0.800. The molecule has 84 valence electrons.